The molecule has 7 aromatic rings. The summed E-state index contributed by atoms with van der Waals surface area (Å²) in [5.74, 6) is 2.28. The number of hydrogen-bond acceptors (Lipinski definition) is 2. The zero-order chi connectivity index (χ0) is 32.2. The Balaban J connectivity index is 1.21. The summed E-state index contributed by atoms with van der Waals surface area (Å²) in [6.07, 6.45) is 2.27. The van der Waals surface area contributed by atoms with Crippen molar-refractivity contribution in [3.05, 3.63) is 187 Å². The van der Waals surface area contributed by atoms with Crippen molar-refractivity contribution in [2.24, 2.45) is 0 Å². The van der Waals surface area contributed by atoms with Gasteiger partial charge in [-0.2, -0.15) is 0 Å². The van der Waals surface area contributed by atoms with Gasteiger partial charge in [0, 0.05) is 16.5 Å². The first kappa shape index (κ1) is 30.2. The molecule has 6 aromatic carbocycles. The van der Waals surface area contributed by atoms with Crippen LogP contribution in [0, 0.1) is 6.92 Å². The number of allylic oxidation sites excluding steroid dienone is 1. The molecule has 0 aliphatic carbocycles. The summed E-state index contributed by atoms with van der Waals surface area (Å²) in [5.41, 5.74) is 7.91. The molecule has 0 aliphatic heterocycles. The van der Waals surface area contributed by atoms with E-state index in [1.54, 1.807) is 0 Å². The third-order valence-electron chi connectivity index (χ3n) is 8.41. The van der Waals surface area contributed by atoms with E-state index >= 15 is 0 Å². The maximum atomic E-state index is 6.17. The second-order valence-electron chi connectivity index (χ2n) is 11.6. The second-order valence-corrected chi connectivity index (χ2v) is 13.9. The molecule has 1 atom stereocenters. The van der Waals surface area contributed by atoms with Crippen LogP contribution in [0.25, 0.3) is 39.7 Å². The second kappa shape index (κ2) is 13.5. The predicted molar refractivity (Wildman–Crippen MR) is 201 cm³/mol. The van der Waals surface area contributed by atoms with E-state index in [9.17, 15) is 0 Å². The molecule has 1 aromatic heterocycles. The van der Waals surface area contributed by atoms with Crippen LogP contribution in [0.5, 0.6) is 5.75 Å². The van der Waals surface area contributed by atoms with Gasteiger partial charge in [-0.05, 0) is 84.2 Å². The van der Waals surface area contributed by atoms with Crippen LogP contribution in [-0.2, 0) is 0 Å². The highest BCUT2D eigenvalue weighted by molar-refractivity contribution is 7.79. The largest absolute Gasteiger partial charge is 0.457 e. The molecular formula is C44H35O2P. The molecule has 0 saturated carbocycles. The summed E-state index contributed by atoms with van der Waals surface area (Å²) in [7, 11) is -0.832. The van der Waals surface area contributed by atoms with Crippen LogP contribution < -0.4 is 20.7 Å². The van der Waals surface area contributed by atoms with Crippen LogP contribution in [0.3, 0.4) is 0 Å². The van der Waals surface area contributed by atoms with E-state index in [2.05, 4.69) is 136 Å². The van der Waals surface area contributed by atoms with E-state index < -0.39 is 7.92 Å². The number of hydrogen-bond donors (Lipinski definition) is 0. The van der Waals surface area contributed by atoms with E-state index in [0.29, 0.717) is 5.76 Å². The first-order valence-corrected chi connectivity index (χ1v) is 17.1. The van der Waals surface area contributed by atoms with Gasteiger partial charge in [-0.3, -0.25) is 0 Å². The quantitative estimate of drug-likeness (QED) is 0.0904. The summed E-state index contributed by atoms with van der Waals surface area (Å²) < 4.78 is 12.2. The first-order valence-electron chi connectivity index (χ1n) is 15.8. The molecule has 0 N–H and O–H groups in total. The minimum atomic E-state index is -0.832. The first-order chi connectivity index (χ1) is 23.0. The van der Waals surface area contributed by atoms with Crippen molar-refractivity contribution in [2.45, 2.75) is 13.8 Å². The van der Waals surface area contributed by atoms with Gasteiger partial charge in [0.15, 0.2) is 0 Å². The molecule has 0 aliphatic rings. The molecule has 3 heteroatoms. The number of ether oxygens (including phenoxy) is 1. The number of aryl methyl sites for hydroxylation is 1. The maximum absolute atomic E-state index is 6.17. The van der Waals surface area contributed by atoms with Crippen molar-refractivity contribution < 1.29 is 9.15 Å². The third kappa shape index (κ3) is 6.75. The summed E-state index contributed by atoms with van der Waals surface area (Å²) in [5, 5.41) is 4.93. The van der Waals surface area contributed by atoms with Gasteiger partial charge in [-0.25, -0.2) is 0 Å². The molecule has 0 spiro atoms. The van der Waals surface area contributed by atoms with E-state index in [1.165, 1.54) is 38.2 Å². The third-order valence-corrected chi connectivity index (χ3v) is 10.9. The van der Waals surface area contributed by atoms with Crippen LogP contribution in [0.2, 0.25) is 0 Å². The van der Waals surface area contributed by atoms with E-state index in [4.69, 9.17) is 9.15 Å². The highest BCUT2D eigenvalue weighted by atomic mass is 31.1. The molecule has 2 nitrogen and oxygen atoms in total. The summed E-state index contributed by atoms with van der Waals surface area (Å²) >= 11 is 0. The molecule has 0 fully saturated rings. The van der Waals surface area contributed by atoms with E-state index in [1.807, 2.05) is 48.5 Å². The van der Waals surface area contributed by atoms with Crippen LogP contribution in [0.4, 0.5) is 0 Å². The van der Waals surface area contributed by atoms with Gasteiger partial charge < -0.3 is 9.15 Å². The Kier molecular flexibility index (Phi) is 8.69. The van der Waals surface area contributed by atoms with Gasteiger partial charge in [-0.15, -0.1) is 0 Å². The van der Waals surface area contributed by atoms with E-state index in [-0.39, 0.29) is 0 Å². The average molecular weight is 627 g/mol. The van der Waals surface area contributed by atoms with Crippen LogP contribution >= 0.6 is 7.92 Å². The monoisotopic (exact) mass is 626 g/mol. The Bertz CT molecular complexity index is 2140. The van der Waals surface area contributed by atoms with Crippen molar-refractivity contribution >= 4 is 52.2 Å². The maximum Gasteiger partial charge on any atom is 0.135 e. The van der Waals surface area contributed by atoms with Crippen LogP contribution in [0.1, 0.15) is 29.2 Å². The molecule has 47 heavy (non-hydrogen) atoms. The number of benzene rings is 6. The number of para-hydroxylation sites is 2. The van der Waals surface area contributed by atoms with Crippen molar-refractivity contribution in [3.8, 4) is 17.1 Å². The lowest BCUT2D eigenvalue weighted by atomic mass is 10.0. The van der Waals surface area contributed by atoms with Gasteiger partial charge in [0.25, 0.3) is 0 Å². The van der Waals surface area contributed by atoms with Gasteiger partial charge in [0.1, 0.15) is 22.9 Å². The Hall–Kier alpha value is -5.43. The zero-order valence-electron chi connectivity index (χ0n) is 26.6. The Morgan fingerprint density at radius 3 is 1.87 bits per heavy atom. The summed E-state index contributed by atoms with van der Waals surface area (Å²) in [6, 6.07) is 55.1. The standard InChI is InChI=1S/C44H35O2P/c1-31-11-7-8-12-37(31)29-32(2)34-17-23-40(24-18-34)47(41-25-19-35(20-26-41)33(3)45-39-14-5-4-6-15-39)42-27-21-36(22-28-42)44-30-38-13-9-10-16-43(38)46-44/h4-30H,3H2,1-2H3/b32-29+. The van der Waals surface area contributed by atoms with Gasteiger partial charge in [-0.1, -0.05) is 146 Å². The number of fused-ring (bicyclic) bond motifs is 1. The Morgan fingerprint density at radius 1 is 0.638 bits per heavy atom. The molecule has 1 unspecified atom stereocenters. The van der Waals surface area contributed by atoms with Crippen molar-refractivity contribution in [3.63, 3.8) is 0 Å². The van der Waals surface area contributed by atoms with Gasteiger partial charge >= 0.3 is 0 Å². The minimum Gasteiger partial charge on any atom is -0.457 e. The topological polar surface area (TPSA) is 22.4 Å². The fourth-order valence-corrected chi connectivity index (χ4v) is 8.01. The van der Waals surface area contributed by atoms with Crippen molar-refractivity contribution in [1.29, 1.82) is 0 Å². The molecule has 7 rings (SSSR count). The normalized spacial score (nSPS) is 12.2. The van der Waals surface area contributed by atoms with Crippen LogP contribution in [-0.4, -0.2) is 0 Å². The lowest BCUT2D eigenvalue weighted by Crippen LogP contribution is -2.20. The Labute approximate surface area is 278 Å². The smallest absolute Gasteiger partial charge is 0.135 e. The van der Waals surface area contributed by atoms with Crippen LogP contribution in [0.15, 0.2) is 169 Å². The average Bonchev–Trinajstić information content (AvgIpc) is 3.55. The predicted octanol–water partition coefficient (Wildman–Crippen LogP) is 10.8. The number of furan rings is 1. The Morgan fingerprint density at radius 2 is 1.21 bits per heavy atom. The van der Waals surface area contributed by atoms with Gasteiger partial charge in [0.05, 0.1) is 0 Å². The lowest BCUT2D eigenvalue weighted by molar-refractivity contribution is 0.517. The molecule has 1 heterocycles. The highest BCUT2D eigenvalue weighted by Crippen LogP contribution is 2.36. The molecule has 0 amide bonds. The molecule has 0 saturated heterocycles. The van der Waals surface area contributed by atoms with Crippen molar-refractivity contribution in [1.82, 2.24) is 0 Å². The zero-order valence-corrected chi connectivity index (χ0v) is 27.5. The molecule has 0 radical (unpaired) electrons. The fourth-order valence-electron chi connectivity index (χ4n) is 5.77. The summed E-state index contributed by atoms with van der Waals surface area (Å²) in [6.45, 7) is 8.54. The summed E-state index contributed by atoms with van der Waals surface area (Å²) in [4.78, 5) is 0. The minimum absolute atomic E-state index is 0.627. The SMILES string of the molecule is C=C(Oc1ccccc1)c1ccc(P(c2ccc(/C(C)=C/c3ccccc3C)cc2)c2ccc(-c3cc4ccccc4o3)cc2)cc1. The van der Waals surface area contributed by atoms with Crippen molar-refractivity contribution in [2.75, 3.05) is 0 Å². The van der Waals surface area contributed by atoms with Gasteiger partial charge in [0.2, 0.25) is 0 Å². The molecular weight excluding hydrogens is 591 g/mol. The number of rotatable bonds is 9. The lowest BCUT2D eigenvalue weighted by Gasteiger charge is -2.21. The van der Waals surface area contributed by atoms with E-state index in [0.717, 1.165) is 33.6 Å². The molecule has 0 bridgehead atoms. The molecule has 228 valence electrons. The fraction of sp³-hybridized carbons (Fsp3) is 0.0455. The highest BCUT2D eigenvalue weighted by Gasteiger charge is 2.18.